The van der Waals surface area contributed by atoms with E-state index in [4.69, 9.17) is 4.74 Å². The van der Waals surface area contributed by atoms with E-state index < -0.39 is 0 Å². The van der Waals surface area contributed by atoms with Crippen LogP contribution in [0.25, 0.3) is 0 Å². The first kappa shape index (κ1) is 15.1. The smallest absolute Gasteiger partial charge is 0.0602 e. The summed E-state index contributed by atoms with van der Waals surface area (Å²) >= 11 is 0. The summed E-state index contributed by atoms with van der Waals surface area (Å²) in [6.07, 6.45) is 3.80. The molecule has 2 N–H and O–H groups in total. The number of para-hydroxylation sites is 2. The molecular formula is C16H26N2O2. The first-order chi connectivity index (χ1) is 9.81. The van der Waals surface area contributed by atoms with Crippen molar-refractivity contribution in [2.75, 3.05) is 43.6 Å². The largest absolute Gasteiger partial charge is 0.393 e. The summed E-state index contributed by atoms with van der Waals surface area (Å²) in [5, 5.41) is 13.1. The maximum Gasteiger partial charge on any atom is 0.0602 e. The maximum absolute atomic E-state index is 9.61. The van der Waals surface area contributed by atoms with Gasteiger partial charge in [0, 0.05) is 33.4 Å². The van der Waals surface area contributed by atoms with Crippen LogP contribution in [0.2, 0.25) is 0 Å². The molecule has 112 valence electrons. The van der Waals surface area contributed by atoms with Gasteiger partial charge in [0.1, 0.15) is 0 Å². The predicted molar refractivity (Wildman–Crippen MR) is 83.5 cm³/mol. The van der Waals surface area contributed by atoms with Crippen molar-refractivity contribution in [3.63, 3.8) is 0 Å². The zero-order valence-electron chi connectivity index (χ0n) is 12.3. The summed E-state index contributed by atoms with van der Waals surface area (Å²) in [5.74, 6) is 0. The standard InChI is InChI=1S/C16H26N2O2/c1-20-13-5-4-10-17-15-6-2-3-7-16(15)18-11-8-14(19)9-12-18/h2-3,6-7,14,17,19H,4-5,8-13H2,1H3. The molecule has 20 heavy (non-hydrogen) atoms. The molecule has 0 unspecified atom stereocenters. The van der Waals surface area contributed by atoms with Crippen molar-refractivity contribution in [1.29, 1.82) is 0 Å². The molecule has 1 aromatic carbocycles. The molecule has 0 aromatic heterocycles. The van der Waals surface area contributed by atoms with E-state index in [0.29, 0.717) is 0 Å². The third-order valence-electron chi connectivity index (χ3n) is 3.80. The number of methoxy groups -OCH3 is 1. The van der Waals surface area contributed by atoms with Gasteiger partial charge in [-0.25, -0.2) is 0 Å². The fourth-order valence-corrected chi connectivity index (χ4v) is 2.60. The van der Waals surface area contributed by atoms with E-state index in [2.05, 4.69) is 34.5 Å². The number of benzene rings is 1. The van der Waals surface area contributed by atoms with E-state index in [1.54, 1.807) is 7.11 Å². The summed E-state index contributed by atoms with van der Waals surface area (Å²) < 4.78 is 5.06. The lowest BCUT2D eigenvalue weighted by Crippen LogP contribution is -2.36. The minimum Gasteiger partial charge on any atom is -0.393 e. The van der Waals surface area contributed by atoms with Crippen LogP contribution in [0.4, 0.5) is 11.4 Å². The summed E-state index contributed by atoms with van der Waals surface area (Å²) in [6, 6.07) is 8.45. The molecule has 1 aromatic rings. The molecular weight excluding hydrogens is 252 g/mol. The molecule has 4 nitrogen and oxygen atoms in total. The Morgan fingerprint density at radius 3 is 2.75 bits per heavy atom. The monoisotopic (exact) mass is 278 g/mol. The SMILES string of the molecule is COCCCCNc1ccccc1N1CCC(O)CC1. The molecule has 0 aliphatic carbocycles. The lowest BCUT2D eigenvalue weighted by Gasteiger charge is -2.33. The number of hydrogen-bond acceptors (Lipinski definition) is 4. The van der Waals surface area contributed by atoms with Gasteiger partial charge in [-0.05, 0) is 37.8 Å². The highest BCUT2D eigenvalue weighted by Gasteiger charge is 2.18. The summed E-state index contributed by atoms with van der Waals surface area (Å²) in [4.78, 5) is 2.37. The molecule has 0 atom stereocenters. The first-order valence-electron chi connectivity index (χ1n) is 7.56. The van der Waals surface area contributed by atoms with Gasteiger partial charge in [-0.3, -0.25) is 0 Å². The topological polar surface area (TPSA) is 44.7 Å². The maximum atomic E-state index is 9.61. The van der Waals surface area contributed by atoms with Crippen LogP contribution < -0.4 is 10.2 Å². The Balaban J connectivity index is 1.89. The van der Waals surface area contributed by atoms with Crippen LogP contribution >= 0.6 is 0 Å². The normalized spacial score (nSPS) is 16.4. The highest BCUT2D eigenvalue weighted by molar-refractivity contribution is 5.70. The predicted octanol–water partition coefficient (Wildman–Crippen LogP) is 2.49. The Hall–Kier alpha value is -1.26. The number of hydrogen-bond donors (Lipinski definition) is 2. The first-order valence-corrected chi connectivity index (χ1v) is 7.56. The van der Waals surface area contributed by atoms with Crippen LogP contribution in [0.3, 0.4) is 0 Å². The number of piperidine rings is 1. The van der Waals surface area contributed by atoms with E-state index in [1.165, 1.54) is 11.4 Å². The molecule has 0 spiro atoms. The van der Waals surface area contributed by atoms with Crippen molar-refractivity contribution in [3.8, 4) is 0 Å². The number of ether oxygens (including phenoxy) is 1. The average molecular weight is 278 g/mol. The highest BCUT2D eigenvalue weighted by atomic mass is 16.5. The number of aliphatic hydroxyl groups excluding tert-OH is 1. The van der Waals surface area contributed by atoms with Gasteiger partial charge >= 0.3 is 0 Å². The van der Waals surface area contributed by atoms with Gasteiger partial charge in [-0.2, -0.15) is 0 Å². The molecule has 2 rings (SSSR count). The van der Waals surface area contributed by atoms with E-state index in [0.717, 1.165) is 51.9 Å². The van der Waals surface area contributed by atoms with Gasteiger partial charge < -0.3 is 20.1 Å². The Morgan fingerprint density at radius 1 is 1.25 bits per heavy atom. The molecule has 0 amide bonds. The van der Waals surface area contributed by atoms with Crippen molar-refractivity contribution in [2.45, 2.75) is 31.8 Å². The lowest BCUT2D eigenvalue weighted by molar-refractivity contribution is 0.145. The summed E-state index contributed by atoms with van der Waals surface area (Å²) in [6.45, 7) is 3.66. The fraction of sp³-hybridized carbons (Fsp3) is 0.625. The van der Waals surface area contributed by atoms with E-state index in [-0.39, 0.29) is 6.10 Å². The van der Waals surface area contributed by atoms with Gasteiger partial charge in [0.25, 0.3) is 0 Å². The van der Waals surface area contributed by atoms with E-state index in [9.17, 15) is 5.11 Å². The Kier molecular flexibility index (Phi) is 6.15. The molecule has 1 heterocycles. The highest BCUT2D eigenvalue weighted by Crippen LogP contribution is 2.28. The van der Waals surface area contributed by atoms with Crippen molar-refractivity contribution in [3.05, 3.63) is 24.3 Å². The molecule has 0 saturated carbocycles. The van der Waals surface area contributed by atoms with Gasteiger partial charge in [-0.15, -0.1) is 0 Å². The van der Waals surface area contributed by atoms with Crippen molar-refractivity contribution < 1.29 is 9.84 Å². The van der Waals surface area contributed by atoms with Gasteiger partial charge in [0.2, 0.25) is 0 Å². The molecule has 1 fully saturated rings. The van der Waals surface area contributed by atoms with Crippen LogP contribution in [-0.4, -0.2) is 44.6 Å². The molecule has 0 bridgehead atoms. The van der Waals surface area contributed by atoms with Crippen LogP contribution in [0, 0.1) is 0 Å². The molecule has 1 aliphatic heterocycles. The van der Waals surface area contributed by atoms with Crippen molar-refractivity contribution in [1.82, 2.24) is 0 Å². The molecule has 4 heteroatoms. The Morgan fingerprint density at radius 2 is 2.00 bits per heavy atom. The lowest BCUT2D eigenvalue weighted by atomic mass is 10.1. The van der Waals surface area contributed by atoms with Crippen LogP contribution in [0.1, 0.15) is 25.7 Å². The number of rotatable bonds is 7. The zero-order chi connectivity index (χ0) is 14.2. The second kappa shape index (κ2) is 8.12. The molecule has 1 aliphatic rings. The average Bonchev–Trinajstić information content (AvgIpc) is 2.48. The Labute approximate surface area is 121 Å². The van der Waals surface area contributed by atoms with Crippen molar-refractivity contribution in [2.24, 2.45) is 0 Å². The van der Waals surface area contributed by atoms with Crippen LogP contribution in [0.5, 0.6) is 0 Å². The second-order valence-corrected chi connectivity index (χ2v) is 5.36. The van der Waals surface area contributed by atoms with E-state index in [1.807, 2.05) is 0 Å². The zero-order valence-corrected chi connectivity index (χ0v) is 12.3. The second-order valence-electron chi connectivity index (χ2n) is 5.36. The molecule has 1 saturated heterocycles. The summed E-state index contributed by atoms with van der Waals surface area (Å²) in [5.41, 5.74) is 2.45. The number of nitrogens with zero attached hydrogens (tertiary/aromatic N) is 1. The van der Waals surface area contributed by atoms with Gasteiger partial charge in [-0.1, -0.05) is 12.1 Å². The quantitative estimate of drug-likeness (QED) is 0.752. The molecule has 0 radical (unpaired) electrons. The number of aliphatic hydroxyl groups is 1. The van der Waals surface area contributed by atoms with Gasteiger partial charge in [0.15, 0.2) is 0 Å². The minimum absolute atomic E-state index is 0.125. The fourth-order valence-electron chi connectivity index (χ4n) is 2.60. The third kappa shape index (κ3) is 4.39. The van der Waals surface area contributed by atoms with Crippen molar-refractivity contribution >= 4 is 11.4 Å². The number of anilines is 2. The van der Waals surface area contributed by atoms with Crippen LogP contribution in [0.15, 0.2) is 24.3 Å². The van der Waals surface area contributed by atoms with E-state index >= 15 is 0 Å². The Bertz CT molecular complexity index is 390. The number of unbranched alkanes of at least 4 members (excludes halogenated alkanes) is 1. The van der Waals surface area contributed by atoms with Crippen LogP contribution in [-0.2, 0) is 4.74 Å². The summed E-state index contributed by atoms with van der Waals surface area (Å²) in [7, 11) is 1.74. The third-order valence-corrected chi connectivity index (χ3v) is 3.80. The minimum atomic E-state index is -0.125. The number of nitrogens with one attached hydrogen (secondary N) is 1. The van der Waals surface area contributed by atoms with Gasteiger partial charge in [0.05, 0.1) is 17.5 Å².